The van der Waals surface area contributed by atoms with Gasteiger partial charge in [-0.1, -0.05) is 35.9 Å². The van der Waals surface area contributed by atoms with Crippen molar-refractivity contribution in [3.63, 3.8) is 0 Å². The standard InChI is InChI=1S/C16H13ClN2O/c17-13-7-5-11(9-14(13)18)10-19-15-4-2-1-3-12(15)6-8-16(19)20/h1-9H,10,18H2. The minimum Gasteiger partial charge on any atom is -0.398 e. The van der Waals surface area contributed by atoms with Gasteiger partial charge in [0.2, 0.25) is 0 Å². The molecule has 0 bridgehead atoms. The number of rotatable bonds is 2. The zero-order valence-corrected chi connectivity index (χ0v) is 11.5. The molecule has 0 saturated carbocycles. The van der Waals surface area contributed by atoms with Crippen LogP contribution in [0.3, 0.4) is 0 Å². The van der Waals surface area contributed by atoms with Crippen LogP contribution in [0.2, 0.25) is 5.02 Å². The van der Waals surface area contributed by atoms with Gasteiger partial charge in [-0.2, -0.15) is 0 Å². The third-order valence-corrected chi connectivity index (χ3v) is 3.64. The first-order chi connectivity index (χ1) is 9.65. The highest BCUT2D eigenvalue weighted by Gasteiger charge is 2.05. The quantitative estimate of drug-likeness (QED) is 0.734. The number of nitrogens with two attached hydrogens (primary N) is 1. The van der Waals surface area contributed by atoms with Crippen molar-refractivity contribution < 1.29 is 0 Å². The number of fused-ring (bicyclic) bond motifs is 1. The number of nitrogen functional groups attached to an aromatic ring is 1. The molecule has 0 aliphatic heterocycles. The Kier molecular flexibility index (Phi) is 3.20. The second-order valence-corrected chi connectivity index (χ2v) is 5.08. The molecular weight excluding hydrogens is 272 g/mol. The summed E-state index contributed by atoms with van der Waals surface area (Å²) in [5.74, 6) is 0. The fourth-order valence-electron chi connectivity index (χ4n) is 2.28. The van der Waals surface area contributed by atoms with Crippen molar-refractivity contribution in [1.29, 1.82) is 0 Å². The summed E-state index contributed by atoms with van der Waals surface area (Å²) in [7, 11) is 0. The number of halogens is 1. The van der Waals surface area contributed by atoms with E-state index in [2.05, 4.69) is 0 Å². The highest BCUT2D eigenvalue weighted by Crippen LogP contribution is 2.20. The maximum atomic E-state index is 12.1. The molecule has 3 nitrogen and oxygen atoms in total. The zero-order valence-electron chi connectivity index (χ0n) is 10.7. The van der Waals surface area contributed by atoms with Crippen LogP contribution in [0.5, 0.6) is 0 Å². The molecule has 20 heavy (non-hydrogen) atoms. The average molecular weight is 285 g/mol. The number of hydrogen-bond acceptors (Lipinski definition) is 2. The lowest BCUT2D eigenvalue weighted by atomic mass is 10.1. The summed E-state index contributed by atoms with van der Waals surface area (Å²) >= 11 is 5.92. The molecule has 2 N–H and O–H groups in total. The molecule has 2 aromatic carbocycles. The molecule has 1 aromatic heterocycles. The maximum Gasteiger partial charge on any atom is 0.251 e. The second kappa shape index (κ2) is 5.02. The number of anilines is 1. The van der Waals surface area contributed by atoms with Gasteiger partial charge in [0.1, 0.15) is 0 Å². The van der Waals surface area contributed by atoms with Gasteiger partial charge in [-0.3, -0.25) is 4.79 Å². The Labute approximate surface area is 121 Å². The number of pyridine rings is 1. The van der Waals surface area contributed by atoms with E-state index in [-0.39, 0.29) is 5.56 Å². The molecule has 0 unspecified atom stereocenters. The van der Waals surface area contributed by atoms with Gasteiger partial charge in [-0.25, -0.2) is 0 Å². The highest BCUT2D eigenvalue weighted by atomic mass is 35.5. The Hall–Kier alpha value is -2.26. The maximum absolute atomic E-state index is 12.1. The largest absolute Gasteiger partial charge is 0.398 e. The van der Waals surface area contributed by atoms with E-state index in [0.717, 1.165) is 16.5 Å². The average Bonchev–Trinajstić information content (AvgIpc) is 2.46. The van der Waals surface area contributed by atoms with Gasteiger partial charge < -0.3 is 10.3 Å². The lowest BCUT2D eigenvalue weighted by Gasteiger charge is -2.11. The van der Waals surface area contributed by atoms with Gasteiger partial charge in [-0.15, -0.1) is 0 Å². The SMILES string of the molecule is Nc1cc(Cn2c(=O)ccc3ccccc32)ccc1Cl. The van der Waals surface area contributed by atoms with Crippen LogP contribution in [0.15, 0.2) is 59.4 Å². The lowest BCUT2D eigenvalue weighted by Crippen LogP contribution is -2.19. The van der Waals surface area contributed by atoms with Crippen LogP contribution in [0, 0.1) is 0 Å². The van der Waals surface area contributed by atoms with E-state index in [1.165, 1.54) is 0 Å². The highest BCUT2D eigenvalue weighted by molar-refractivity contribution is 6.33. The summed E-state index contributed by atoms with van der Waals surface area (Å²) < 4.78 is 1.73. The van der Waals surface area contributed by atoms with Gasteiger partial charge in [0, 0.05) is 6.07 Å². The van der Waals surface area contributed by atoms with Crippen molar-refractivity contribution in [2.75, 3.05) is 5.73 Å². The fourth-order valence-corrected chi connectivity index (χ4v) is 2.40. The molecule has 3 aromatic rings. The molecule has 0 saturated heterocycles. The van der Waals surface area contributed by atoms with Crippen LogP contribution >= 0.6 is 11.6 Å². The van der Waals surface area contributed by atoms with E-state index >= 15 is 0 Å². The minimum atomic E-state index is -0.0304. The Morgan fingerprint density at radius 1 is 1.05 bits per heavy atom. The molecular formula is C16H13ClN2O. The normalized spacial score (nSPS) is 10.8. The van der Waals surface area contributed by atoms with Gasteiger partial charge in [0.25, 0.3) is 5.56 Å². The van der Waals surface area contributed by atoms with Crippen LogP contribution in [0.4, 0.5) is 5.69 Å². The molecule has 0 aliphatic rings. The van der Waals surface area contributed by atoms with Gasteiger partial charge in [0.05, 0.1) is 22.8 Å². The summed E-state index contributed by atoms with van der Waals surface area (Å²) in [4.78, 5) is 12.1. The molecule has 0 fully saturated rings. The predicted octanol–water partition coefficient (Wildman–Crippen LogP) is 3.29. The summed E-state index contributed by atoms with van der Waals surface area (Å²) in [6, 6.07) is 16.7. The minimum absolute atomic E-state index is 0.0304. The Morgan fingerprint density at radius 3 is 2.65 bits per heavy atom. The van der Waals surface area contributed by atoms with Crippen LogP contribution in [-0.2, 0) is 6.54 Å². The first-order valence-corrected chi connectivity index (χ1v) is 6.65. The molecule has 0 radical (unpaired) electrons. The zero-order chi connectivity index (χ0) is 14.1. The molecule has 0 spiro atoms. The molecule has 100 valence electrons. The van der Waals surface area contributed by atoms with Gasteiger partial charge >= 0.3 is 0 Å². The van der Waals surface area contributed by atoms with E-state index in [1.54, 1.807) is 22.8 Å². The monoisotopic (exact) mass is 284 g/mol. The first kappa shape index (κ1) is 12.8. The van der Waals surface area contributed by atoms with Crippen molar-refractivity contribution in [3.05, 3.63) is 75.5 Å². The molecule has 1 heterocycles. The van der Waals surface area contributed by atoms with Crippen LogP contribution < -0.4 is 11.3 Å². The van der Waals surface area contributed by atoms with E-state index in [9.17, 15) is 4.79 Å². The number of aromatic nitrogens is 1. The van der Waals surface area contributed by atoms with E-state index in [0.29, 0.717) is 17.3 Å². The molecule has 0 aliphatic carbocycles. The molecule has 0 atom stereocenters. The van der Waals surface area contributed by atoms with E-state index in [1.807, 2.05) is 36.4 Å². The number of benzene rings is 2. The van der Waals surface area contributed by atoms with E-state index < -0.39 is 0 Å². The Morgan fingerprint density at radius 2 is 1.85 bits per heavy atom. The first-order valence-electron chi connectivity index (χ1n) is 6.27. The summed E-state index contributed by atoms with van der Waals surface area (Å²) in [6.45, 7) is 0.474. The van der Waals surface area contributed by atoms with Gasteiger partial charge in [-0.05, 0) is 35.2 Å². The predicted molar refractivity (Wildman–Crippen MR) is 83.2 cm³/mol. The van der Waals surface area contributed by atoms with Crippen molar-refractivity contribution in [3.8, 4) is 0 Å². The third kappa shape index (κ3) is 2.28. The summed E-state index contributed by atoms with van der Waals surface area (Å²) in [6.07, 6.45) is 0. The van der Waals surface area contributed by atoms with Crippen molar-refractivity contribution >= 4 is 28.2 Å². The van der Waals surface area contributed by atoms with Crippen molar-refractivity contribution in [2.45, 2.75) is 6.54 Å². The number of para-hydroxylation sites is 1. The smallest absolute Gasteiger partial charge is 0.251 e. The topological polar surface area (TPSA) is 48.0 Å². The van der Waals surface area contributed by atoms with Crippen molar-refractivity contribution in [1.82, 2.24) is 4.57 Å². The summed E-state index contributed by atoms with van der Waals surface area (Å²) in [5.41, 5.74) is 8.16. The summed E-state index contributed by atoms with van der Waals surface area (Å²) in [5, 5.41) is 1.56. The van der Waals surface area contributed by atoms with Crippen LogP contribution in [0.25, 0.3) is 10.9 Å². The fraction of sp³-hybridized carbons (Fsp3) is 0.0625. The Balaban J connectivity index is 2.12. The lowest BCUT2D eigenvalue weighted by molar-refractivity contribution is 0.795. The number of hydrogen-bond donors (Lipinski definition) is 1. The molecule has 4 heteroatoms. The van der Waals surface area contributed by atoms with E-state index in [4.69, 9.17) is 17.3 Å². The van der Waals surface area contributed by atoms with Gasteiger partial charge in [0.15, 0.2) is 0 Å². The molecule has 0 amide bonds. The van der Waals surface area contributed by atoms with Crippen LogP contribution in [0.1, 0.15) is 5.56 Å². The molecule has 3 rings (SSSR count). The van der Waals surface area contributed by atoms with Crippen molar-refractivity contribution in [2.24, 2.45) is 0 Å². The Bertz CT molecular complexity index is 839. The van der Waals surface area contributed by atoms with Crippen LogP contribution in [-0.4, -0.2) is 4.57 Å². The number of nitrogens with zero attached hydrogens (tertiary/aromatic N) is 1. The third-order valence-electron chi connectivity index (χ3n) is 3.30. The second-order valence-electron chi connectivity index (χ2n) is 4.67.